The Labute approximate surface area is 224 Å². The normalized spacial score (nSPS) is 11.3. The van der Waals surface area contributed by atoms with Gasteiger partial charge in [0, 0.05) is 12.8 Å². The van der Waals surface area contributed by atoms with E-state index in [4.69, 9.17) is 24.1 Å². The highest BCUT2D eigenvalue weighted by molar-refractivity contribution is 5.69. The molecule has 3 aromatic rings. The van der Waals surface area contributed by atoms with Gasteiger partial charge in [-0.3, -0.25) is 9.59 Å². The third kappa shape index (κ3) is 9.10. The first-order valence-electron chi connectivity index (χ1n) is 13.0. The molecule has 0 aromatic heterocycles. The molecule has 0 aliphatic carbocycles. The van der Waals surface area contributed by atoms with Crippen LogP contribution < -0.4 is 0 Å². The molecule has 0 aliphatic rings. The van der Waals surface area contributed by atoms with Crippen LogP contribution in [0.4, 0.5) is 0 Å². The monoisotopic (exact) mass is 520 g/mol. The van der Waals surface area contributed by atoms with Crippen molar-refractivity contribution in [1.82, 2.24) is 0 Å². The lowest BCUT2D eigenvalue weighted by molar-refractivity contribution is -0.146. The van der Waals surface area contributed by atoms with Gasteiger partial charge in [0.05, 0.1) is 33.0 Å². The van der Waals surface area contributed by atoms with E-state index in [1.165, 1.54) is 0 Å². The molecule has 3 rings (SSSR count). The van der Waals surface area contributed by atoms with E-state index >= 15 is 0 Å². The Morgan fingerprint density at radius 2 is 1.00 bits per heavy atom. The van der Waals surface area contributed by atoms with E-state index in [1.807, 2.05) is 54.6 Å². The van der Waals surface area contributed by atoms with Crippen molar-refractivity contribution in [2.45, 2.75) is 31.3 Å². The summed E-state index contributed by atoms with van der Waals surface area (Å²) in [5, 5.41) is 8.60. The fraction of sp³-hybridized carbons (Fsp3) is 0.355. The molecule has 7 nitrogen and oxygen atoms in total. The average Bonchev–Trinajstić information content (AvgIpc) is 2.95. The van der Waals surface area contributed by atoms with Crippen molar-refractivity contribution in [1.29, 1.82) is 0 Å². The first-order chi connectivity index (χ1) is 18.6. The molecule has 0 fully saturated rings. The van der Waals surface area contributed by atoms with Crippen LogP contribution >= 0.6 is 0 Å². The molecule has 0 heterocycles. The number of ether oxygens (including phenoxy) is 4. The Morgan fingerprint density at radius 3 is 1.47 bits per heavy atom. The van der Waals surface area contributed by atoms with Gasteiger partial charge in [-0.05, 0) is 29.5 Å². The van der Waals surface area contributed by atoms with E-state index in [2.05, 4.69) is 36.4 Å². The zero-order valence-electron chi connectivity index (χ0n) is 21.6. The molecular formula is C31H36O7. The molecule has 0 radical (unpaired) electrons. The van der Waals surface area contributed by atoms with E-state index < -0.39 is 11.6 Å². The molecule has 0 saturated carbocycles. The number of esters is 1. The van der Waals surface area contributed by atoms with Gasteiger partial charge in [-0.2, -0.15) is 0 Å². The molecule has 0 atom stereocenters. The maximum Gasteiger partial charge on any atom is 0.305 e. The lowest BCUT2D eigenvalue weighted by atomic mass is 9.80. The molecule has 7 heteroatoms. The zero-order valence-corrected chi connectivity index (χ0v) is 21.6. The number of hydrogen-bond acceptors (Lipinski definition) is 6. The van der Waals surface area contributed by atoms with E-state index in [-0.39, 0.29) is 32.0 Å². The number of carbonyl (C=O) groups is 2. The Kier molecular flexibility index (Phi) is 12.5. The summed E-state index contributed by atoms with van der Waals surface area (Å²) >= 11 is 0. The van der Waals surface area contributed by atoms with Crippen LogP contribution in [0.25, 0.3) is 0 Å². The summed E-state index contributed by atoms with van der Waals surface area (Å²) in [6.45, 7) is 1.97. The fourth-order valence-electron chi connectivity index (χ4n) is 4.18. The van der Waals surface area contributed by atoms with Crippen LogP contribution in [-0.4, -0.2) is 56.7 Å². The lowest BCUT2D eigenvalue weighted by Gasteiger charge is -2.36. The van der Waals surface area contributed by atoms with Gasteiger partial charge in [0.1, 0.15) is 12.2 Å². The van der Waals surface area contributed by atoms with E-state index in [0.717, 1.165) is 16.7 Å². The summed E-state index contributed by atoms with van der Waals surface area (Å²) in [5.41, 5.74) is 2.34. The first-order valence-corrected chi connectivity index (χ1v) is 13.0. The van der Waals surface area contributed by atoms with Crippen LogP contribution in [0.2, 0.25) is 0 Å². The molecule has 3 aromatic carbocycles. The molecule has 38 heavy (non-hydrogen) atoms. The van der Waals surface area contributed by atoms with Crippen molar-refractivity contribution in [3.8, 4) is 0 Å². The maximum absolute atomic E-state index is 11.6. The van der Waals surface area contributed by atoms with Gasteiger partial charge in [0.2, 0.25) is 0 Å². The first kappa shape index (κ1) is 29.0. The SMILES string of the molecule is O=C(O)CCCCC(=O)OCCOCCOCCOC(c1ccccc1)(c1ccccc1)c1ccccc1. The Hall–Kier alpha value is -3.52. The van der Waals surface area contributed by atoms with Crippen LogP contribution in [0.1, 0.15) is 42.4 Å². The highest BCUT2D eigenvalue weighted by atomic mass is 16.6. The molecular weight excluding hydrogens is 484 g/mol. The largest absolute Gasteiger partial charge is 0.481 e. The third-order valence-corrected chi connectivity index (χ3v) is 5.97. The predicted molar refractivity (Wildman–Crippen MR) is 144 cm³/mol. The topological polar surface area (TPSA) is 91.3 Å². The van der Waals surface area contributed by atoms with Crippen LogP contribution in [0.5, 0.6) is 0 Å². The molecule has 0 saturated heterocycles. The number of carboxylic acid groups (broad SMARTS) is 1. The van der Waals surface area contributed by atoms with Gasteiger partial charge in [0.25, 0.3) is 0 Å². The van der Waals surface area contributed by atoms with Crippen molar-refractivity contribution in [2.75, 3.05) is 39.6 Å². The number of carbonyl (C=O) groups excluding carboxylic acids is 1. The third-order valence-electron chi connectivity index (χ3n) is 5.97. The smallest absolute Gasteiger partial charge is 0.305 e. The van der Waals surface area contributed by atoms with E-state index in [1.54, 1.807) is 0 Å². The van der Waals surface area contributed by atoms with Crippen LogP contribution in [0.15, 0.2) is 91.0 Å². The Morgan fingerprint density at radius 1 is 0.579 bits per heavy atom. The standard InChI is InChI=1S/C31H36O7/c32-29(33)18-10-11-19-30(34)37-24-22-35-20-21-36-23-25-38-31(26-12-4-1-5-13-26,27-14-6-2-7-15-27)28-16-8-3-9-17-28/h1-9,12-17H,10-11,18-25H2,(H,32,33). The summed E-state index contributed by atoms with van der Waals surface area (Å²) in [6.07, 6.45) is 1.24. The Bertz CT molecular complexity index is 974. The Balaban J connectivity index is 1.43. The maximum atomic E-state index is 11.6. The minimum Gasteiger partial charge on any atom is -0.481 e. The van der Waals surface area contributed by atoms with Crippen molar-refractivity contribution < 1.29 is 33.6 Å². The summed E-state index contributed by atoms with van der Waals surface area (Å²) in [4.78, 5) is 22.1. The van der Waals surface area contributed by atoms with Crippen molar-refractivity contribution in [3.05, 3.63) is 108 Å². The molecule has 202 valence electrons. The summed E-state index contributed by atoms with van der Waals surface area (Å²) in [7, 11) is 0. The van der Waals surface area contributed by atoms with Crippen molar-refractivity contribution in [3.63, 3.8) is 0 Å². The predicted octanol–water partition coefficient (Wildman–Crippen LogP) is 5.22. The van der Waals surface area contributed by atoms with Gasteiger partial charge in [-0.1, -0.05) is 91.0 Å². The van der Waals surface area contributed by atoms with Crippen molar-refractivity contribution in [2.24, 2.45) is 0 Å². The van der Waals surface area contributed by atoms with Crippen molar-refractivity contribution >= 4 is 11.9 Å². The molecule has 0 unspecified atom stereocenters. The second-order valence-electron chi connectivity index (χ2n) is 8.67. The lowest BCUT2D eigenvalue weighted by Crippen LogP contribution is -2.34. The number of aliphatic carboxylic acids is 1. The van der Waals surface area contributed by atoms with Gasteiger partial charge >= 0.3 is 11.9 Å². The van der Waals surface area contributed by atoms with Gasteiger partial charge in [-0.25, -0.2) is 0 Å². The number of benzene rings is 3. The molecule has 0 amide bonds. The van der Waals surface area contributed by atoms with Crippen LogP contribution in [0, 0.1) is 0 Å². The summed E-state index contributed by atoms with van der Waals surface area (Å²) in [5.74, 6) is -1.20. The molecule has 1 N–H and O–H groups in total. The quantitative estimate of drug-likeness (QED) is 0.140. The van der Waals surface area contributed by atoms with Crippen LogP contribution in [-0.2, 0) is 34.1 Å². The molecule has 0 bridgehead atoms. The molecule has 0 aliphatic heterocycles. The highest BCUT2D eigenvalue weighted by Crippen LogP contribution is 2.40. The van der Waals surface area contributed by atoms with E-state index in [9.17, 15) is 9.59 Å². The van der Waals surface area contributed by atoms with Gasteiger partial charge in [0.15, 0.2) is 0 Å². The van der Waals surface area contributed by atoms with Gasteiger partial charge in [-0.15, -0.1) is 0 Å². The van der Waals surface area contributed by atoms with E-state index in [0.29, 0.717) is 39.3 Å². The second kappa shape index (κ2) is 16.3. The number of hydrogen-bond donors (Lipinski definition) is 1. The van der Waals surface area contributed by atoms with Crippen LogP contribution in [0.3, 0.4) is 0 Å². The average molecular weight is 521 g/mol. The fourth-order valence-corrected chi connectivity index (χ4v) is 4.18. The number of unbranched alkanes of at least 4 members (excludes halogenated alkanes) is 1. The minimum absolute atomic E-state index is 0.0627. The summed E-state index contributed by atoms with van der Waals surface area (Å²) in [6, 6.07) is 30.6. The summed E-state index contributed by atoms with van der Waals surface area (Å²) < 4.78 is 23.0. The minimum atomic E-state index is -0.858. The number of rotatable bonds is 18. The molecule has 0 spiro atoms. The second-order valence-corrected chi connectivity index (χ2v) is 8.67. The zero-order chi connectivity index (χ0) is 26.9. The van der Waals surface area contributed by atoms with Gasteiger partial charge < -0.3 is 24.1 Å². The number of carboxylic acids is 1. The highest BCUT2D eigenvalue weighted by Gasteiger charge is 2.37.